The Balaban J connectivity index is 1.47. The zero-order chi connectivity index (χ0) is 22.1. The second-order valence-electron chi connectivity index (χ2n) is 8.06. The molecule has 1 amide bonds. The van der Waals surface area contributed by atoms with Crippen molar-refractivity contribution >= 4 is 28.4 Å². The Labute approximate surface area is 185 Å². The number of carbonyl (C=O) groups excluding carboxylic acids is 1. The molecule has 0 saturated heterocycles. The van der Waals surface area contributed by atoms with E-state index in [0.717, 1.165) is 47.9 Å². The average molecular weight is 429 g/mol. The molecule has 8 heteroatoms. The quantitative estimate of drug-likeness (QED) is 0.547. The zero-order valence-corrected chi connectivity index (χ0v) is 17.7. The topological polar surface area (TPSA) is 109 Å². The number of pyridine rings is 1. The molecule has 1 aromatic carbocycles. The maximum Gasteiger partial charge on any atom is 0.228 e. The third kappa shape index (κ3) is 4.07. The predicted molar refractivity (Wildman–Crippen MR) is 120 cm³/mol. The molecule has 3 N–H and O–H groups in total. The third-order valence-electron chi connectivity index (χ3n) is 5.70. The largest absolute Gasteiger partial charge is 0.488 e. The summed E-state index contributed by atoms with van der Waals surface area (Å²) in [5.41, 5.74) is 3.25. The summed E-state index contributed by atoms with van der Waals surface area (Å²) in [5.74, 6) is 8.28. The van der Waals surface area contributed by atoms with E-state index in [2.05, 4.69) is 37.7 Å². The number of aromatic nitrogens is 3. The van der Waals surface area contributed by atoms with E-state index in [-0.39, 0.29) is 24.5 Å². The van der Waals surface area contributed by atoms with Crippen LogP contribution < -0.4 is 15.4 Å². The number of benzene rings is 1. The summed E-state index contributed by atoms with van der Waals surface area (Å²) in [7, 11) is 1.77. The minimum Gasteiger partial charge on any atom is -0.488 e. The molecule has 1 fully saturated rings. The van der Waals surface area contributed by atoms with Crippen molar-refractivity contribution in [1.82, 2.24) is 15.2 Å². The summed E-state index contributed by atoms with van der Waals surface area (Å²) in [6.45, 7) is 0.0235. The number of aliphatic hydroxyl groups excluding tert-OH is 1. The number of aryl methyl sites for hydroxylation is 1. The number of fused-ring (bicyclic) bond motifs is 2. The van der Waals surface area contributed by atoms with Crippen LogP contribution >= 0.6 is 0 Å². The third-order valence-corrected chi connectivity index (χ3v) is 5.70. The smallest absolute Gasteiger partial charge is 0.228 e. The van der Waals surface area contributed by atoms with Gasteiger partial charge in [-0.1, -0.05) is 11.8 Å². The minimum atomic E-state index is -0.140. The molecule has 1 saturated carbocycles. The first-order valence-electron chi connectivity index (χ1n) is 10.7. The number of rotatable bonds is 4. The van der Waals surface area contributed by atoms with Gasteiger partial charge >= 0.3 is 0 Å². The number of amides is 1. The van der Waals surface area contributed by atoms with Gasteiger partial charge in [0.1, 0.15) is 17.4 Å². The molecule has 3 aromatic rings. The van der Waals surface area contributed by atoms with Gasteiger partial charge < -0.3 is 20.5 Å². The molecular weight excluding hydrogens is 406 g/mol. The SMILES string of the molecule is CNc1ncc(C#Cc2ccc3c(c2)CCC(CO)O3)c2cc(NC(=O)C3CC3)nnc12. The second kappa shape index (κ2) is 8.44. The summed E-state index contributed by atoms with van der Waals surface area (Å²) in [4.78, 5) is 16.5. The van der Waals surface area contributed by atoms with Crippen molar-refractivity contribution in [1.29, 1.82) is 0 Å². The van der Waals surface area contributed by atoms with Crippen LogP contribution in [0.3, 0.4) is 0 Å². The molecule has 8 nitrogen and oxygen atoms in total. The molecule has 162 valence electrons. The second-order valence-corrected chi connectivity index (χ2v) is 8.06. The van der Waals surface area contributed by atoms with E-state index in [1.165, 1.54) is 0 Å². The number of aliphatic hydroxyl groups is 1. The number of nitrogens with one attached hydrogen (secondary N) is 2. The van der Waals surface area contributed by atoms with Crippen molar-refractivity contribution in [2.75, 3.05) is 24.3 Å². The van der Waals surface area contributed by atoms with E-state index < -0.39 is 0 Å². The van der Waals surface area contributed by atoms with Crippen molar-refractivity contribution in [3.05, 3.63) is 47.2 Å². The molecule has 1 unspecified atom stereocenters. The molecule has 1 aliphatic carbocycles. The number of ether oxygens (including phenoxy) is 1. The Morgan fingerprint density at radius 3 is 2.88 bits per heavy atom. The maximum atomic E-state index is 12.1. The van der Waals surface area contributed by atoms with Crippen LogP contribution in [0.15, 0.2) is 30.5 Å². The molecule has 2 aliphatic rings. The van der Waals surface area contributed by atoms with Gasteiger partial charge in [0.25, 0.3) is 0 Å². The lowest BCUT2D eigenvalue weighted by Crippen LogP contribution is -2.26. The van der Waals surface area contributed by atoms with Crippen molar-refractivity contribution in [2.45, 2.75) is 31.8 Å². The molecule has 2 aromatic heterocycles. The highest BCUT2D eigenvalue weighted by molar-refractivity contribution is 5.97. The minimum absolute atomic E-state index is 0.0195. The first kappa shape index (κ1) is 20.2. The Kier molecular flexibility index (Phi) is 5.33. The molecule has 3 heterocycles. The highest BCUT2D eigenvalue weighted by Gasteiger charge is 2.30. The van der Waals surface area contributed by atoms with Crippen LogP contribution in [0.1, 0.15) is 36.0 Å². The molecule has 0 radical (unpaired) electrons. The van der Waals surface area contributed by atoms with Gasteiger partial charge in [0.15, 0.2) is 11.6 Å². The predicted octanol–water partition coefficient (Wildman–Crippen LogP) is 2.50. The summed E-state index contributed by atoms with van der Waals surface area (Å²) < 4.78 is 5.78. The van der Waals surface area contributed by atoms with Gasteiger partial charge in [-0.2, -0.15) is 0 Å². The monoisotopic (exact) mass is 429 g/mol. The van der Waals surface area contributed by atoms with Crippen LogP contribution in [0.2, 0.25) is 0 Å². The highest BCUT2D eigenvalue weighted by Crippen LogP contribution is 2.31. The van der Waals surface area contributed by atoms with E-state index in [1.807, 2.05) is 18.2 Å². The number of nitrogens with zero attached hydrogens (tertiary/aromatic N) is 3. The van der Waals surface area contributed by atoms with Crippen LogP contribution in [-0.2, 0) is 11.2 Å². The fourth-order valence-corrected chi connectivity index (χ4v) is 3.74. The Bertz CT molecular complexity index is 1260. The lowest BCUT2D eigenvalue weighted by molar-refractivity contribution is -0.117. The fraction of sp³-hybridized carbons (Fsp3) is 0.333. The van der Waals surface area contributed by atoms with Crippen molar-refractivity contribution < 1.29 is 14.6 Å². The molecule has 0 bridgehead atoms. The van der Waals surface area contributed by atoms with Crippen molar-refractivity contribution in [3.63, 3.8) is 0 Å². The normalized spacial score (nSPS) is 17.0. The van der Waals surface area contributed by atoms with Crippen LogP contribution in [0.5, 0.6) is 5.75 Å². The molecule has 1 atom stereocenters. The van der Waals surface area contributed by atoms with Gasteiger partial charge in [-0.25, -0.2) is 4.98 Å². The van der Waals surface area contributed by atoms with E-state index in [4.69, 9.17) is 4.74 Å². The Hall–Kier alpha value is -3.70. The standard InChI is InChI=1S/C24H23N5O3/c1-25-23-22-19(11-21(28-29-22)27-24(31)15-5-6-15)17(12-26-23)4-2-14-3-9-20-16(10-14)7-8-18(13-30)32-20/h3,9-12,15,18,30H,5-8,13H2,1H3,(H,25,26)(H,27,28,31). The summed E-state index contributed by atoms with van der Waals surface area (Å²) in [6.07, 6.45) is 5.03. The zero-order valence-electron chi connectivity index (χ0n) is 17.7. The molecule has 1 aliphatic heterocycles. The number of carbonyl (C=O) groups is 1. The van der Waals surface area contributed by atoms with Crippen molar-refractivity contribution in [3.8, 4) is 17.6 Å². The van der Waals surface area contributed by atoms with Gasteiger partial charge in [-0.05, 0) is 55.5 Å². The van der Waals surface area contributed by atoms with Gasteiger partial charge in [-0.15, -0.1) is 10.2 Å². The van der Waals surface area contributed by atoms with E-state index in [1.54, 1.807) is 19.3 Å². The summed E-state index contributed by atoms with van der Waals surface area (Å²) in [5, 5.41) is 24.4. The summed E-state index contributed by atoms with van der Waals surface area (Å²) in [6, 6.07) is 7.63. The van der Waals surface area contributed by atoms with Crippen molar-refractivity contribution in [2.24, 2.45) is 5.92 Å². The first-order chi connectivity index (χ1) is 15.6. The Morgan fingerprint density at radius 1 is 1.22 bits per heavy atom. The van der Waals surface area contributed by atoms with Gasteiger partial charge in [-0.3, -0.25) is 4.79 Å². The van der Waals surface area contributed by atoms with E-state index >= 15 is 0 Å². The van der Waals surface area contributed by atoms with Gasteiger partial charge in [0, 0.05) is 30.1 Å². The molecule has 5 rings (SSSR count). The number of hydrogen-bond donors (Lipinski definition) is 3. The van der Waals surface area contributed by atoms with Gasteiger partial charge in [0.2, 0.25) is 5.91 Å². The lowest BCUT2D eigenvalue weighted by Gasteiger charge is -2.24. The van der Waals surface area contributed by atoms with E-state index in [9.17, 15) is 9.90 Å². The maximum absolute atomic E-state index is 12.1. The number of hydrogen-bond acceptors (Lipinski definition) is 7. The molecular formula is C24H23N5O3. The van der Waals surface area contributed by atoms with Crippen LogP contribution in [-0.4, -0.2) is 46.0 Å². The Morgan fingerprint density at radius 2 is 2.09 bits per heavy atom. The average Bonchev–Trinajstić information content (AvgIpc) is 3.67. The summed E-state index contributed by atoms with van der Waals surface area (Å²) >= 11 is 0. The van der Waals surface area contributed by atoms with E-state index in [0.29, 0.717) is 22.7 Å². The van der Waals surface area contributed by atoms with Gasteiger partial charge in [0.05, 0.1) is 12.2 Å². The number of anilines is 2. The lowest BCUT2D eigenvalue weighted by atomic mass is 10.00. The molecule has 0 spiro atoms. The highest BCUT2D eigenvalue weighted by atomic mass is 16.5. The first-order valence-corrected chi connectivity index (χ1v) is 10.7. The van der Waals surface area contributed by atoms with Crippen LogP contribution in [0.25, 0.3) is 10.9 Å². The fourth-order valence-electron chi connectivity index (χ4n) is 3.74. The molecule has 32 heavy (non-hydrogen) atoms. The van der Waals surface area contributed by atoms with Crippen LogP contribution in [0.4, 0.5) is 11.6 Å². The van der Waals surface area contributed by atoms with Crippen LogP contribution in [0, 0.1) is 17.8 Å².